The second-order valence-electron chi connectivity index (χ2n) is 4.87. The third-order valence-corrected chi connectivity index (χ3v) is 3.10. The van der Waals surface area contributed by atoms with Crippen LogP contribution in [0.3, 0.4) is 0 Å². The predicted octanol–water partition coefficient (Wildman–Crippen LogP) is 2.79. The third-order valence-electron chi connectivity index (χ3n) is 3.10. The summed E-state index contributed by atoms with van der Waals surface area (Å²) in [4.78, 5) is 16.9. The van der Waals surface area contributed by atoms with Crippen LogP contribution in [0.2, 0.25) is 0 Å². The van der Waals surface area contributed by atoms with Crippen molar-refractivity contribution in [2.24, 2.45) is 4.99 Å². The summed E-state index contributed by atoms with van der Waals surface area (Å²) in [7, 11) is 2.02. The van der Waals surface area contributed by atoms with Gasteiger partial charge in [-0.2, -0.15) is 0 Å². The fourth-order valence-electron chi connectivity index (χ4n) is 1.86. The van der Waals surface area contributed by atoms with Crippen LogP contribution in [-0.4, -0.2) is 35.9 Å². The molecule has 0 saturated carbocycles. The largest absolute Gasteiger partial charge is 0.357 e. The number of unbranched alkanes of at least 4 members (excludes halogenated alkanes) is 1. The van der Waals surface area contributed by atoms with Crippen LogP contribution in [0, 0.1) is 10.1 Å². The van der Waals surface area contributed by atoms with E-state index in [-0.39, 0.29) is 5.69 Å². The number of benzene rings is 1. The molecule has 1 N–H and O–H groups in total. The molecule has 0 saturated heterocycles. The maximum Gasteiger partial charge on any atom is 0.269 e. The van der Waals surface area contributed by atoms with Gasteiger partial charge in [0.15, 0.2) is 5.96 Å². The number of aliphatic imine (C=N–C) groups is 1. The molecule has 6 nitrogen and oxygen atoms in total. The van der Waals surface area contributed by atoms with Crippen LogP contribution in [-0.2, 0) is 6.54 Å². The Bertz CT molecular complexity index is 471. The first kappa shape index (κ1) is 16.9. The molecular weight excluding hydrogens is 268 g/mol. The Balaban J connectivity index is 2.70. The Morgan fingerprint density at radius 1 is 1.33 bits per heavy atom. The molecule has 0 radical (unpaired) electrons. The average Bonchev–Trinajstić information content (AvgIpc) is 2.49. The number of nitro benzene ring substituents is 1. The highest BCUT2D eigenvalue weighted by atomic mass is 16.6. The fraction of sp³-hybridized carbons (Fsp3) is 0.533. The molecule has 1 rings (SSSR count). The number of rotatable bonds is 7. The summed E-state index contributed by atoms with van der Waals surface area (Å²) in [5, 5.41) is 13.9. The van der Waals surface area contributed by atoms with Gasteiger partial charge in [-0.1, -0.05) is 25.5 Å². The van der Waals surface area contributed by atoms with Gasteiger partial charge in [-0.15, -0.1) is 0 Å². The van der Waals surface area contributed by atoms with Crippen LogP contribution >= 0.6 is 0 Å². The highest BCUT2D eigenvalue weighted by Crippen LogP contribution is 2.12. The summed E-state index contributed by atoms with van der Waals surface area (Å²) in [5.74, 6) is 0.865. The van der Waals surface area contributed by atoms with Crippen molar-refractivity contribution < 1.29 is 4.92 Å². The van der Waals surface area contributed by atoms with E-state index in [0.717, 1.165) is 37.5 Å². The molecule has 0 heterocycles. The molecule has 116 valence electrons. The third kappa shape index (κ3) is 5.81. The molecule has 0 aliphatic carbocycles. The quantitative estimate of drug-likeness (QED) is 0.363. The molecule has 0 spiro atoms. The van der Waals surface area contributed by atoms with Gasteiger partial charge in [0.1, 0.15) is 0 Å². The molecule has 1 aromatic rings. The van der Waals surface area contributed by atoms with E-state index in [1.165, 1.54) is 12.1 Å². The molecule has 1 aromatic carbocycles. The second-order valence-corrected chi connectivity index (χ2v) is 4.87. The maximum absolute atomic E-state index is 10.6. The zero-order valence-electron chi connectivity index (χ0n) is 13.0. The lowest BCUT2D eigenvalue weighted by Crippen LogP contribution is -2.39. The number of nitrogens with one attached hydrogen (secondary N) is 1. The van der Waals surface area contributed by atoms with Gasteiger partial charge in [0.25, 0.3) is 5.69 Å². The van der Waals surface area contributed by atoms with Crippen molar-refractivity contribution >= 4 is 11.6 Å². The Labute approximate surface area is 126 Å². The molecule has 21 heavy (non-hydrogen) atoms. The highest BCUT2D eigenvalue weighted by Gasteiger charge is 2.06. The SMILES string of the molecule is CCCCN(C)C(=NCc1ccc([N+](=O)[O-])cc1)NCC. The first-order chi connectivity index (χ1) is 10.1. The fourth-order valence-corrected chi connectivity index (χ4v) is 1.86. The average molecular weight is 292 g/mol. The van der Waals surface area contributed by atoms with Crippen molar-refractivity contribution in [3.8, 4) is 0 Å². The highest BCUT2D eigenvalue weighted by molar-refractivity contribution is 5.79. The van der Waals surface area contributed by atoms with Crippen LogP contribution in [0.1, 0.15) is 32.3 Å². The summed E-state index contributed by atoms with van der Waals surface area (Å²) in [5.41, 5.74) is 1.06. The minimum atomic E-state index is -0.393. The van der Waals surface area contributed by atoms with E-state index in [0.29, 0.717) is 6.54 Å². The van der Waals surface area contributed by atoms with Gasteiger partial charge < -0.3 is 10.2 Å². The molecule has 0 amide bonds. The zero-order valence-corrected chi connectivity index (χ0v) is 13.0. The van der Waals surface area contributed by atoms with Crippen molar-refractivity contribution in [2.75, 3.05) is 20.1 Å². The Kier molecular flexibility index (Phi) is 7.21. The number of hydrogen-bond acceptors (Lipinski definition) is 3. The Hall–Kier alpha value is -2.11. The van der Waals surface area contributed by atoms with E-state index in [1.807, 2.05) is 14.0 Å². The summed E-state index contributed by atoms with van der Waals surface area (Å²) >= 11 is 0. The van der Waals surface area contributed by atoms with Gasteiger partial charge in [-0.05, 0) is 18.9 Å². The van der Waals surface area contributed by atoms with E-state index in [9.17, 15) is 10.1 Å². The van der Waals surface area contributed by atoms with E-state index in [1.54, 1.807) is 12.1 Å². The Morgan fingerprint density at radius 2 is 2.00 bits per heavy atom. The number of guanidine groups is 1. The number of nitrogens with zero attached hydrogens (tertiary/aromatic N) is 3. The van der Waals surface area contributed by atoms with Crippen LogP contribution in [0.5, 0.6) is 0 Å². The molecular formula is C15H24N4O2. The van der Waals surface area contributed by atoms with Crippen LogP contribution in [0.4, 0.5) is 5.69 Å². The van der Waals surface area contributed by atoms with Crippen molar-refractivity contribution in [3.05, 3.63) is 39.9 Å². The van der Waals surface area contributed by atoms with Gasteiger partial charge in [0.2, 0.25) is 0 Å². The van der Waals surface area contributed by atoms with Crippen LogP contribution in [0.25, 0.3) is 0 Å². The molecule has 0 aliphatic rings. The molecule has 6 heteroatoms. The molecule has 0 unspecified atom stereocenters. The maximum atomic E-state index is 10.6. The van der Waals surface area contributed by atoms with Gasteiger partial charge in [0.05, 0.1) is 11.5 Å². The normalized spacial score (nSPS) is 11.3. The summed E-state index contributed by atoms with van der Waals surface area (Å²) in [6, 6.07) is 6.52. The Morgan fingerprint density at radius 3 is 2.52 bits per heavy atom. The van der Waals surface area contributed by atoms with Crippen molar-refractivity contribution in [2.45, 2.75) is 33.2 Å². The van der Waals surface area contributed by atoms with Crippen LogP contribution in [0.15, 0.2) is 29.3 Å². The van der Waals surface area contributed by atoms with Crippen molar-refractivity contribution in [3.63, 3.8) is 0 Å². The van der Waals surface area contributed by atoms with E-state index in [4.69, 9.17) is 0 Å². The van der Waals surface area contributed by atoms with Crippen molar-refractivity contribution in [1.29, 1.82) is 0 Å². The second kappa shape index (κ2) is 8.94. The molecule has 0 fully saturated rings. The number of hydrogen-bond donors (Lipinski definition) is 1. The molecule has 0 bridgehead atoms. The minimum Gasteiger partial charge on any atom is -0.357 e. The lowest BCUT2D eigenvalue weighted by Gasteiger charge is -2.21. The van der Waals surface area contributed by atoms with E-state index >= 15 is 0 Å². The van der Waals surface area contributed by atoms with Crippen LogP contribution < -0.4 is 5.32 Å². The topological polar surface area (TPSA) is 70.8 Å². The monoisotopic (exact) mass is 292 g/mol. The van der Waals surface area contributed by atoms with Gasteiger partial charge in [-0.3, -0.25) is 10.1 Å². The smallest absolute Gasteiger partial charge is 0.269 e. The standard InChI is InChI=1S/C15H24N4O2/c1-4-6-11-18(3)15(16-5-2)17-12-13-7-9-14(10-8-13)19(20)21/h7-10H,4-6,11-12H2,1-3H3,(H,16,17). The lowest BCUT2D eigenvalue weighted by atomic mass is 10.2. The lowest BCUT2D eigenvalue weighted by molar-refractivity contribution is -0.384. The zero-order chi connectivity index (χ0) is 15.7. The van der Waals surface area contributed by atoms with Gasteiger partial charge in [0, 0.05) is 32.3 Å². The summed E-state index contributed by atoms with van der Waals surface area (Å²) < 4.78 is 0. The first-order valence-electron chi connectivity index (χ1n) is 7.31. The summed E-state index contributed by atoms with van der Waals surface area (Å²) in [6.07, 6.45) is 2.27. The first-order valence-corrected chi connectivity index (χ1v) is 7.31. The van der Waals surface area contributed by atoms with E-state index < -0.39 is 4.92 Å². The van der Waals surface area contributed by atoms with E-state index in [2.05, 4.69) is 22.1 Å². The molecule has 0 atom stereocenters. The molecule has 0 aliphatic heterocycles. The molecule has 0 aromatic heterocycles. The minimum absolute atomic E-state index is 0.106. The van der Waals surface area contributed by atoms with Crippen molar-refractivity contribution in [1.82, 2.24) is 10.2 Å². The number of non-ortho nitro benzene ring substituents is 1. The predicted molar refractivity (Wildman–Crippen MR) is 85.5 cm³/mol. The summed E-state index contributed by atoms with van der Waals surface area (Å²) in [6.45, 7) is 6.48. The van der Waals surface area contributed by atoms with Gasteiger partial charge >= 0.3 is 0 Å². The van der Waals surface area contributed by atoms with Gasteiger partial charge in [-0.25, -0.2) is 4.99 Å². The number of nitro groups is 1.